The van der Waals surface area contributed by atoms with Crippen LogP contribution in [0.15, 0.2) is 42.5 Å². The molecule has 78 valence electrons. The zero-order chi connectivity index (χ0) is 10.8. The molecule has 0 saturated carbocycles. The number of rotatable bonds is 2. The summed E-state index contributed by atoms with van der Waals surface area (Å²) in [4.78, 5) is 0. The van der Waals surface area contributed by atoms with Crippen molar-refractivity contribution in [3.8, 4) is 0 Å². The van der Waals surface area contributed by atoms with Crippen LogP contribution in [-0.2, 0) is 0 Å². The molecule has 0 amide bonds. The summed E-state index contributed by atoms with van der Waals surface area (Å²) in [6.45, 7) is 0. The van der Waals surface area contributed by atoms with Gasteiger partial charge in [0.15, 0.2) is 0 Å². The van der Waals surface area contributed by atoms with Crippen molar-refractivity contribution in [2.24, 2.45) is 0 Å². The van der Waals surface area contributed by atoms with Gasteiger partial charge in [-0.05, 0) is 16.7 Å². The topological polar surface area (TPSA) is 50.7 Å². The van der Waals surface area contributed by atoms with Crippen molar-refractivity contribution >= 4 is 33.1 Å². The number of fused-ring (bicyclic) bond motifs is 1. The second kappa shape index (κ2) is 3.86. The first kappa shape index (κ1) is 9.23. The van der Waals surface area contributed by atoms with Gasteiger partial charge in [0.2, 0.25) is 5.13 Å². The number of nitrogens with one attached hydrogen (secondary N) is 1. The molecule has 4 nitrogen and oxygen atoms in total. The molecule has 1 N–H and O–H groups in total. The number of benzene rings is 2. The summed E-state index contributed by atoms with van der Waals surface area (Å²) in [6, 6.07) is 14.3. The van der Waals surface area contributed by atoms with E-state index >= 15 is 0 Å². The number of nitrogens with zero attached hydrogens (tertiary/aromatic N) is 3. The fourth-order valence-corrected chi connectivity index (χ4v) is 2.01. The van der Waals surface area contributed by atoms with Crippen LogP contribution in [0.4, 0.5) is 10.8 Å². The lowest BCUT2D eigenvalue weighted by Crippen LogP contribution is -1.90. The summed E-state index contributed by atoms with van der Waals surface area (Å²) in [5.41, 5.74) is 1.02. The van der Waals surface area contributed by atoms with Gasteiger partial charge in [0.05, 0.1) is 0 Å². The van der Waals surface area contributed by atoms with Crippen LogP contribution in [0.25, 0.3) is 10.8 Å². The van der Waals surface area contributed by atoms with Crippen molar-refractivity contribution in [3.63, 3.8) is 0 Å². The first-order chi connectivity index (χ1) is 7.93. The summed E-state index contributed by atoms with van der Waals surface area (Å²) < 4.78 is 3.72. The molecule has 2 aromatic carbocycles. The van der Waals surface area contributed by atoms with Crippen LogP contribution in [0, 0.1) is 0 Å². The number of anilines is 2. The van der Waals surface area contributed by atoms with E-state index in [9.17, 15) is 0 Å². The first-order valence-electron chi connectivity index (χ1n) is 4.83. The van der Waals surface area contributed by atoms with Crippen molar-refractivity contribution in [1.82, 2.24) is 14.8 Å². The summed E-state index contributed by atoms with van der Waals surface area (Å²) in [5.74, 6) is 0. The molecule has 0 aliphatic heterocycles. The van der Waals surface area contributed by atoms with Gasteiger partial charge in [-0.1, -0.05) is 46.0 Å². The predicted octanol–water partition coefficient (Wildman–Crippen LogP) is 2.83. The quantitative estimate of drug-likeness (QED) is 0.732. The molecule has 0 spiro atoms. The van der Waals surface area contributed by atoms with Crippen molar-refractivity contribution in [3.05, 3.63) is 42.5 Å². The number of hydrogen-bond donors (Lipinski definition) is 1. The maximum atomic E-state index is 3.86. The lowest BCUT2D eigenvalue weighted by molar-refractivity contribution is 0.961. The van der Waals surface area contributed by atoms with E-state index in [1.54, 1.807) is 0 Å². The Labute approximate surface area is 96.1 Å². The molecule has 1 aromatic heterocycles. The zero-order valence-electron chi connectivity index (χ0n) is 8.29. The molecular weight excluding hydrogens is 220 g/mol. The molecule has 5 heteroatoms. The molecule has 0 radical (unpaired) electrons. The Hall–Kier alpha value is -2.01. The standard InChI is InChI=1S/C11H8N4S/c1-2-6-9-8(4-1)5-3-7-10(9)12-11-13-14-15-16-11/h1-7H,(H,12,13,15). The van der Waals surface area contributed by atoms with E-state index in [2.05, 4.69) is 38.3 Å². The molecule has 3 aromatic rings. The SMILES string of the molecule is c1ccc2c(Nc3nnns3)cccc2c1. The highest BCUT2D eigenvalue weighted by atomic mass is 32.1. The third-order valence-electron chi connectivity index (χ3n) is 2.33. The van der Waals surface area contributed by atoms with Crippen LogP contribution in [0.5, 0.6) is 0 Å². The molecule has 0 fully saturated rings. The highest BCUT2D eigenvalue weighted by molar-refractivity contribution is 7.09. The van der Waals surface area contributed by atoms with Crippen LogP contribution >= 0.6 is 11.5 Å². The Bertz CT molecular complexity index is 601. The van der Waals surface area contributed by atoms with Gasteiger partial charge in [0.1, 0.15) is 0 Å². The van der Waals surface area contributed by atoms with Crippen LogP contribution in [-0.4, -0.2) is 14.8 Å². The molecule has 3 rings (SSSR count). The summed E-state index contributed by atoms with van der Waals surface area (Å²) in [5, 5.41) is 13.7. The molecule has 1 heterocycles. The third kappa shape index (κ3) is 1.61. The van der Waals surface area contributed by atoms with Gasteiger partial charge in [-0.25, -0.2) is 0 Å². The minimum atomic E-state index is 0.705. The molecule has 0 atom stereocenters. The third-order valence-corrected chi connectivity index (χ3v) is 2.84. The second-order valence-electron chi connectivity index (χ2n) is 3.32. The van der Waals surface area contributed by atoms with E-state index in [0.29, 0.717) is 5.13 Å². The van der Waals surface area contributed by atoms with E-state index < -0.39 is 0 Å². The maximum absolute atomic E-state index is 3.86. The van der Waals surface area contributed by atoms with Gasteiger partial charge in [-0.2, -0.15) is 0 Å². The first-order valence-corrected chi connectivity index (χ1v) is 5.61. The van der Waals surface area contributed by atoms with Crippen LogP contribution in [0.2, 0.25) is 0 Å². The highest BCUT2D eigenvalue weighted by Crippen LogP contribution is 2.25. The summed E-state index contributed by atoms with van der Waals surface area (Å²) >= 11 is 1.24. The molecule has 0 aliphatic rings. The van der Waals surface area contributed by atoms with Crippen LogP contribution in [0.1, 0.15) is 0 Å². The fraction of sp³-hybridized carbons (Fsp3) is 0. The largest absolute Gasteiger partial charge is 0.328 e. The van der Waals surface area contributed by atoms with Gasteiger partial charge in [0.25, 0.3) is 0 Å². The van der Waals surface area contributed by atoms with Crippen molar-refractivity contribution in [2.45, 2.75) is 0 Å². The van der Waals surface area contributed by atoms with Gasteiger partial charge in [-0.15, -0.1) is 0 Å². The average molecular weight is 228 g/mol. The summed E-state index contributed by atoms with van der Waals surface area (Å²) in [6.07, 6.45) is 0. The normalized spacial score (nSPS) is 10.5. The number of aromatic nitrogens is 3. The van der Waals surface area contributed by atoms with Crippen molar-refractivity contribution in [1.29, 1.82) is 0 Å². The monoisotopic (exact) mass is 228 g/mol. The Morgan fingerprint density at radius 1 is 1.00 bits per heavy atom. The van der Waals surface area contributed by atoms with Gasteiger partial charge in [-0.3, -0.25) is 0 Å². The second-order valence-corrected chi connectivity index (χ2v) is 4.05. The fourth-order valence-electron chi connectivity index (χ4n) is 1.63. The Morgan fingerprint density at radius 3 is 2.75 bits per heavy atom. The van der Waals surface area contributed by atoms with Gasteiger partial charge < -0.3 is 5.32 Å². The van der Waals surface area contributed by atoms with E-state index in [0.717, 1.165) is 5.69 Å². The smallest absolute Gasteiger partial charge is 0.229 e. The molecule has 0 unspecified atom stereocenters. The van der Waals surface area contributed by atoms with Crippen LogP contribution < -0.4 is 5.32 Å². The lowest BCUT2D eigenvalue weighted by Gasteiger charge is -2.05. The molecule has 0 saturated heterocycles. The predicted molar refractivity (Wildman–Crippen MR) is 64.9 cm³/mol. The van der Waals surface area contributed by atoms with Gasteiger partial charge in [0, 0.05) is 22.6 Å². The summed E-state index contributed by atoms with van der Waals surface area (Å²) in [7, 11) is 0. The Morgan fingerprint density at radius 2 is 1.88 bits per heavy atom. The highest BCUT2D eigenvalue weighted by Gasteiger charge is 2.02. The molecule has 0 bridgehead atoms. The van der Waals surface area contributed by atoms with E-state index in [-0.39, 0.29) is 0 Å². The molecule has 0 aliphatic carbocycles. The maximum Gasteiger partial charge on any atom is 0.229 e. The van der Waals surface area contributed by atoms with Crippen LogP contribution in [0.3, 0.4) is 0 Å². The van der Waals surface area contributed by atoms with Gasteiger partial charge >= 0.3 is 0 Å². The Balaban J connectivity index is 2.10. The van der Waals surface area contributed by atoms with E-state index in [1.807, 2.05) is 24.3 Å². The molecular formula is C11H8N4S. The lowest BCUT2D eigenvalue weighted by atomic mass is 10.1. The number of hydrogen-bond acceptors (Lipinski definition) is 5. The average Bonchev–Trinajstić information content (AvgIpc) is 2.82. The Kier molecular flexibility index (Phi) is 2.23. The van der Waals surface area contributed by atoms with Crippen molar-refractivity contribution in [2.75, 3.05) is 5.32 Å². The van der Waals surface area contributed by atoms with E-state index in [1.165, 1.54) is 22.3 Å². The minimum Gasteiger partial charge on any atom is -0.328 e. The minimum absolute atomic E-state index is 0.705. The van der Waals surface area contributed by atoms with E-state index in [4.69, 9.17) is 0 Å². The zero-order valence-corrected chi connectivity index (χ0v) is 9.11. The molecule has 16 heavy (non-hydrogen) atoms. The van der Waals surface area contributed by atoms with Crippen molar-refractivity contribution < 1.29 is 0 Å².